The number of piperazine rings is 1. The Morgan fingerprint density at radius 1 is 0.917 bits per heavy atom. The highest BCUT2D eigenvalue weighted by Gasteiger charge is 2.24. The molecule has 0 saturated carbocycles. The van der Waals surface area contributed by atoms with Gasteiger partial charge in [0.2, 0.25) is 11.8 Å². The predicted molar refractivity (Wildman–Crippen MR) is 138 cm³/mol. The van der Waals surface area contributed by atoms with Crippen LogP contribution in [-0.2, 0) is 0 Å². The lowest BCUT2D eigenvalue weighted by atomic mass is 10.1. The lowest BCUT2D eigenvalue weighted by molar-refractivity contribution is 0.253. The monoisotopic (exact) mass is 487 g/mol. The van der Waals surface area contributed by atoms with Gasteiger partial charge in [0.15, 0.2) is 0 Å². The highest BCUT2D eigenvalue weighted by molar-refractivity contribution is 5.52. The molecule has 1 aromatic heterocycles. The summed E-state index contributed by atoms with van der Waals surface area (Å²) in [6, 6.07) is 24.0. The molecule has 3 aromatic carbocycles. The molecular weight excluding hydrogens is 457 g/mol. The summed E-state index contributed by atoms with van der Waals surface area (Å²) in [5, 5.41) is 11.9. The third-order valence-corrected chi connectivity index (χ3v) is 6.51. The molecule has 36 heavy (non-hydrogen) atoms. The van der Waals surface area contributed by atoms with Crippen LogP contribution in [-0.4, -0.2) is 61.5 Å². The summed E-state index contributed by atoms with van der Waals surface area (Å²) in [5.74, 6) is 1.33. The molecule has 1 N–H and O–H groups in total. The highest BCUT2D eigenvalue weighted by Crippen LogP contribution is 2.27. The van der Waals surface area contributed by atoms with Crippen molar-refractivity contribution in [3.63, 3.8) is 0 Å². The molecule has 186 valence electrons. The predicted octanol–water partition coefficient (Wildman–Crippen LogP) is 4.39. The number of hydrogen-bond acceptors (Lipinski definition) is 7. The van der Waals surface area contributed by atoms with E-state index in [1.54, 1.807) is 19.2 Å². The van der Waals surface area contributed by atoms with Crippen LogP contribution in [0.3, 0.4) is 0 Å². The third-order valence-electron chi connectivity index (χ3n) is 6.51. The van der Waals surface area contributed by atoms with Gasteiger partial charge in [-0.3, -0.25) is 4.90 Å². The molecule has 1 aliphatic heterocycles. The fourth-order valence-corrected chi connectivity index (χ4v) is 4.48. The molecule has 0 radical (unpaired) electrons. The number of anilines is 1. The second-order valence-electron chi connectivity index (χ2n) is 8.75. The van der Waals surface area contributed by atoms with Gasteiger partial charge in [-0.2, -0.15) is 0 Å². The maximum atomic E-state index is 14.7. The molecule has 0 unspecified atom stereocenters. The average molecular weight is 488 g/mol. The largest absolute Gasteiger partial charge is 0.497 e. The van der Waals surface area contributed by atoms with Crippen LogP contribution in [0, 0.1) is 5.82 Å². The van der Waals surface area contributed by atoms with E-state index in [9.17, 15) is 4.39 Å². The van der Waals surface area contributed by atoms with Gasteiger partial charge in [-0.15, -0.1) is 10.2 Å². The second-order valence-corrected chi connectivity index (χ2v) is 8.75. The minimum atomic E-state index is -0.531. The Morgan fingerprint density at radius 2 is 1.64 bits per heavy atom. The SMILES string of the molecule is COc1ccc(N2CCN(CCN[C@@H](c3nnc(-c4ccccc4)o3)c3ccccc3F)CC2)cc1. The number of aromatic nitrogens is 2. The van der Waals surface area contributed by atoms with E-state index >= 15 is 0 Å². The molecule has 8 heteroatoms. The Labute approximate surface area is 210 Å². The zero-order chi connectivity index (χ0) is 24.7. The van der Waals surface area contributed by atoms with E-state index in [1.165, 1.54) is 11.8 Å². The summed E-state index contributed by atoms with van der Waals surface area (Å²) in [5.41, 5.74) is 2.53. The van der Waals surface area contributed by atoms with Crippen molar-refractivity contribution in [2.75, 3.05) is 51.3 Å². The van der Waals surface area contributed by atoms with Crippen LogP contribution in [0.15, 0.2) is 83.3 Å². The van der Waals surface area contributed by atoms with Crippen LogP contribution in [0.2, 0.25) is 0 Å². The quantitative estimate of drug-likeness (QED) is 0.376. The Hall–Kier alpha value is -3.75. The summed E-state index contributed by atoms with van der Waals surface area (Å²) < 4.78 is 26.0. The van der Waals surface area contributed by atoms with E-state index in [0.29, 0.717) is 23.9 Å². The van der Waals surface area contributed by atoms with Crippen LogP contribution in [0.1, 0.15) is 17.5 Å². The summed E-state index contributed by atoms with van der Waals surface area (Å²) >= 11 is 0. The number of benzene rings is 3. The molecule has 0 aliphatic carbocycles. The molecule has 4 aromatic rings. The first-order chi connectivity index (χ1) is 17.7. The second kappa shape index (κ2) is 11.3. The van der Waals surface area contributed by atoms with E-state index in [-0.39, 0.29) is 5.82 Å². The topological polar surface area (TPSA) is 66.7 Å². The fourth-order valence-electron chi connectivity index (χ4n) is 4.48. The number of ether oxygens (including phenoxy) is 1. The molecule has 1 atom stereocenters. The summed E-state index contributed by atoms with van der Waals surface area (Å²) in [7, 11) is 1.68. The number of hydrogen-bond donors (Lipinski definition) is 1. The Kier molecular flexibility index (Phi) is 7.54. The van der Waals surface area contributed by atoms with Crippen LogP contribution >= 0.6 is 0 Å². The molecule has 7 nitrogen and oxygen atoms in total. The van der Waals surface area contributed by atoms with Crippen molar-refractivity contribution in [3.8, 4) is 17.2 Å². The maximum Gasteiger partial charge on any atom is 0.247 e. The zero-order valence-corrected chi connectivity index (χ0v) is 20.3. The molecule has 1 saturated heterocycles. The van der Waals surface area contributed by atoms with Crippen molar-refractivity contribution in [1.82, 2.24) is 20.4 Å². The van der Waals surface area contributed by atoms with Gasteiger partial charge in [-0.25, -0.2) is 4.39 Å². The number of halogens is 1. The zero-order valence-electron chi connectivity index (χ0n) is 20.3. The number of nitrogens with zero attached hydrogens (tertiary/aromatic N) is 4. The van der Waals surface area contributed by atoms with Gasteiger partial charge in [0.05, 0.1) is 7.11 Å². The molecular formula is C28H30FN5O2. The first-order valence-electron chi connectivity index (χ1n) is 12.2. The third kappa shape index (κ3) is 5.56. The lowest BCUT2D eigenvalue weighted by Gasteiger charge is -2.36. The highest BCUT2D eigenvalue weighted by atomic mass is 19.1. The minimum absolute atomic E-state index is 0.303. The van der Waals surface area contributed by atoms with E-state index in [2.05, 4.69) is 37.4 Å². The summed E-state index contributed by atoms with van der Waals surface area (Å²) in [6.07, 6.45) is 0. The lowest BCUT2D eigenvalue weighted by Crippen LogP contribution is -2.48. The van der Waals surface area contributed by atoms with Crippen LogP contribution in [0.5, 0.6) is 5.75 Å². The average Bonchev–Trinajstić information content (AvgIpc) is 3.43. The van der Waals surface area contributed by atoms with Crippen molar-refractivity contribution in [2.24, 2.45) is 0 Å². The van der Waals surface area contributed by atoms with Crippen LogP contribution < -0.4 is 15.0 Å². The molecule has 1 aliphatic rings. The maximum absolute atomic E-state index is 14.7. The molecule has 2 heterocycles. The summed E-state index contributed by atoms with van der Waals surface area (Å²) in [4.78, 5) is 4.80. The van der Waals surface area contributed by atoms with E-state index < -0.39 is 6.04 Å². The Bertz CT molecular complexity index is 1240. The Morgan fingerprint density at radius 3 is 2.36 bits per heavy atom. The van der Waals surface area contributed by atoms with Crippen molar-refractivity contribution >= 4 is 5.69 Å². The van der Waals surface area contributed by atoms with E-state index in [4.69, 9.17) is 9.15 Å². The number of methoxy groups -OCH3 is 1. The van der Waals surface area contributed by atoms with Gasteiger partial charge in [0, 0.05) is 56.1 Å². The number of nitrogens with one attached hydrogen (secondary N) is 1. The van der Waals surface area contributed by atoms with Gasteiger partial charge >= 0.3 is 0 Å². The Balaban J connectivity index is 1.21. The first kappa shape index (κ1) is 24.0. The van der Waals surface area contributed by atoms with E-state index in [0.717, 1.165) is 44.0 Å². The minimum Gasteiger partial charge on any atom is -0.497 e. The standard InChI is InChI=1S/C28H30FN5O2/c1-35-23-13-11-22(12-14-23)34-19-17-33(18-20-34)16-15-30-26(24-9-5-6-10-25(24)29)28-32-31-27(36-28)21-7-3-2-4-8-21/h2-14,26,30H,15-20H2,1H3/t26-/m1/s1. The molecule has 0 amide bonds. The number of rotatable bonds is 9. The van der Waals surface area contributed by atoms with Gasteiger partial charge in [-0.05, 0) is 42.5 Å². The van der Waals surface area contributed by atoms with Gasteiger partial charge < -0.3 is 19.4 Å². The normalized spacial score (nSPS) is 15.1. The van der Waals surface area contributed by atoms with Crippen LogP contribution in [0.25, 0.3) is 11.5 Å². The van der Waals surface area contributed by atoms with Gasteiger partial charge in [0.25, 0.3) is 0 Å². The van der Waals surface area contributed by atoms with Gasteiger partial charge in [0.1, 0.15) is 17.6 Å². The molecule has 0 spiro atoms. The molecule has 1 fully saturated rings. The first-order valence-corrected chi connectivity index (χ1v) is 12.2. The molecule has 0 bridgehead atoms. The summed E-state index contributed by atoms with van der Waals surface area (Å²) in [6.45, 7) is 5.31. The molecule has 5 rings (SSSR count). The smallest absolute Gasteiger partial charge is 0.247 e. The van der Waals surface area contributed by atoms with E-state index in [1.807, 2.05) is 48.5 Å². The van der Waals surface area contributed by atoms with Crippen molar-refractivity contribution in [3.05, 3.63) is 96.1 Å². The van der Waals surface area contributed by atoms with Crippen molar-refractivity contribution in [2.45, 2.75) is 6.04 Å². The van der Waals surface area contributed by atoms with Gasteiger partial charge in [-0.1, -0.05) is 36.4 Å². The van der Waals surface area contributed by atoms with Crippen molar-refractivity contribution < 1.29 is 13.5 Å². The van der Waals surface area contributed by atoms with Crippen molar-refractivity contribution in [1.29, 1.82) is 0 Å². The van der Waals surface area contributed by atoms with Crippen LogP contribution in [0.4, 0.5) is 10.1 Å². The fraction of sp³-hybridized carbons (Fsp3) is 0.286.